The summed E-state index contributed by atoms with van der Waals surface area (Å²) in [5, 5.41) is 1.10. The van der Waals surface area contributed by atoms with Crippen molar-refractivity contribution in [1.82, 2.24) is 24.8 Å². The van der Waals surface area contributed by atoms with Gasteiger partial charge in [0.1, 0.15) is 17.5 Å². The van der Waals surface area contributed by atoms with Crippen molar-refractivity contribution in [3.63, 3.8) is 0 Å². The Balaban J connectivity index is 1.77. The van der Waals surface area contributed by atoms with Crippen LogP contribution in [0.1, 0.15) is 40.4 Å². The summed E-state index contributed by atoms with van der Waals surface area (Å²) in [6.45, 7) is 3.71. The number of carbonyl (C=O) groups is 1. The summed E-state index contributed by atoms with van der Waals surface area (Å²) in [5.74, 6) is -0.452. The van der Waals surface area contributed by atoms with E-state index in [-0.39, 0.29) is 12.1 Å². The molecule has 1 unspecified atom stereocenters. The number of halogens is 2. The molecule has 4 aromatic rings. The third-order valence-electron chi connectivity index (χ3n) is 5.17. The molecule has 0 radical (unpaired) electrons. The molecule has 0 fully saturated rings. The summed E-state index contributed by atoms with van der Waals surface area (Å²) in [4.78, 5) is 32.1. The SMILES string of the molecule is Cc1cc2cc(C(=O)N(Cc3ccc(Cl)cn3)C(C)c3ncccn3)c(F)cc2nc1N. The number of nitrogen functional groups attached to an aromatic ring is 1. The zero-order valence-corrected chi connectivity index (χ0v) is 18.2. The molecule has 1 aromatic carbocycles. The van der Waals surface area contributed by atoms with Crippen LogP contribution in [0.5, 0.6) is 0 Å². The molecule has 3 heterocycles. The first kappa shape index (κ1) is 21.6. The molecular weight excluding hydrogens is 431 g/mol. The van der Waals surface area contributed by atoms with E-state index in [9.17, 15) is 4.79 Å². The van der Waals surface area contributed by atoms with Crippen LogP contribution in [0.3, 0.4) is 0 Å². The predicted molar refractivity (Wildman–Crippen MR) is 120 cm³/mol. The molecule has 2 N–H and O–H groups in total. The Morgan fingerprint density at radius 2 is 1.94 bits per heavy atom. The van der Waals surface area contributed by atoms with Crippen molar-refractivity contribution in [2.24, 2.45) is 0 Å². The molecule has 0 saturated heterocycles. The van der Waals surface area contributed by atoms with Gasteiger partial charge < -0.3 is 10.6 Å². The fourth-order valence-corrected chi connectivity index (χ4v) is 3.47. The predicted octanol–water partition coefficient (Wildman–Crippen LogP) is 4.51. The molecule has 0 aliphatic heterocycles. The average molecular weight is 451 g/mol. The van der Waals surface area contributed by atoms with E-state index in [1.165, 1.54) is 23.2 Å². The standard InChI is InChI=1S/C23H20ClFN6O/c1-13-8-15-9-18(19(25)10-20(15)30-21(13)26)23(32)31(12-17-5-4-16(24)11-29-17)14(2)22-27-6-3-7-28-22/h3-11,14H,12H2,1-2H3,(H2,26,30). The van der Waals surface area contributed by atoms with Crippen molar-refractivity contribution in [3.05, 3.63) is 88.5 Å². The van der Waals surface area contributed by atoms with Gasteiger partial charge in [-0.3, -0.25) is 9.78 Å². The highest BCUT2D eigenvalue weighted by molar-refractivity contribution is 6.30. The lowest BCUT2D eigenvalue weighted by Crippen LogP contribution is -2.35. The van der Waals surface area contributed by atoms with E-state index in [4.69, 9.17) is 17.3 Å². The number of nitrogens with zero attached hydrogens (tertiary/aromatic N) is 5. The maximum atomic E-state index is 15.0. The molecule has 0 aliphatic rings. The highest BCUT2D eigenvalue weighted by atomic mass is 35.5. The normalized spacial score (nSPS) is 12.0. The molecule has 0 spiro atoms. The molecular formula is C23H20ClFN6O. The summed E-state index contributed by atoms with van der Waals surface area (Å²) >= 11 is 5.94. The number of nitrogens with two attached hydrogens (primary N) is 1. The Morgan fingerprint density at radius 1 is 1.19 bits per heavy atom. The van der Waals surface area contributed by atoms with Crippen LogP contribution in [0.15, 0.2) is 55.0 Å². The van der Waals surface area contributed by atoms with Gasteiger partial charge in [-0.2, -0.15) is 0 Å². The van der Waals surface area contributed by atoms with E-state index < -0.39 is 17.8 Å². The van der Waals surface area contributed by atoms with Gasteiger partial charge in [-0.25, -0.2) is 19.3 Å². The summed E-state index contributed by atoms with van der Waals surface area (Å²) in [6.07, 6.45) is 4.69. The molecule has 9 heteroatoms. The second-order valence-corrected chi connectivity index (χ2v) is 7.84. The smallest absolute Gasteiger partial charge is 0.257 e. The lowest BCUT2D eigenvalue weighted by atomic mass is 10.1. The van der Waals surface area contributed by atoms with Crippen molar-refractivity contribution in [1.29, 1.82) is 0 Å². The minimum atomic E-state index is -0.687. The van der Waals surface area contributed by atoms with Gasteiger partial charge >= 0.3 is 0 Å². The number of fused-ring (bicyclic) bond motifs is 1. The second-order valence-electron chi connectivity index (χ2n) is 7.40. The van der Waals surface area contributed by atoms with Crippen LogP contribution < -0.4 is 5.73 Å². The number of carbonyl (C=O) groups excluding carboxylic acids is 1. The highest BCUT2D eigenvalue weighted by Gasteiger charge is 2.27. The summed E-state index contributed by atoms with van der Waals surface area (Å²) in [7, 11) is 0. The van der Waals surface area contributed by atoms with Crippen molar-refractivity contribution >= 4 is 34.2 Å². The first-order valence-electron chi connectivity index (χ1n) is 9.88. The minimum absolute atomic E-state index is 0.0831. The fourth-order valence-electron chi connectivity index (χ4n) is 3.36. The second kappa shape index (κ2) is 8.84. The molecule has 1 atom stereocenters. The van der Waals surface area contributed by atoms with Gasteiger partial charge in [0, 0.05) is 30.0 Å². The van der Waals surface area contributed by atoms with E-state index in [0.717, 1.165) is 5.56 Å². The molecule has 1 amide bonds. The van der Waals surface area contributed by atoms with Crippen molar-refractivity contribution in [3.8, 4) is 0 Å². The number of aromatic nitrogens is 4. The molecule has 0 saturated carbocycles. The van der Waals surface area contributed by atoms with Crippen molar-refractivity contribution < 1.29 is 9.18 Å². The number of hydrogen-bond acceptors (Lipinski definition) is 6. The lowest BCUT2D eigenvalue weighted by molar-refractivity contribution is 0.0658. The molecule has 0 bridgehead atoms. The summed E-state index contributed by atoms with van der Waals surface area (Å²) < 4.78 is 15.0. The Labute approximate surface area is 189 Å². The first-order valence-corrected chi connectivity index (χ1v) is 10.3. The van der Waals surface area contributed by atoms with Crippen LogP contribution in [0, 0.1) is 12.7 Å². The molecule has 162 valence electrons. The monoisotopic (exact) mass is 450 g/mol. The number of amides is 1. The topological polar surface area (TPSA) is 97.9 Å². The fraction of sp³-hybridized carbons (Fsp3) is 0.174. The molecule has 3 aromatic heterocycles. The molecule has 0 aliphatic carbocycles. The number of hydrogen-bond donors (Lipinski definition) is 1. The first-order chi connectivity index (χ1) is 15.3. The van der Waals surface area contributed by atoms with Gasteiger partial charge in [0.2, 0.25) is 0 Å². The van der Waals surface area contributed by atoms with E-state index in [1.54, 1.807) is 50.5 Å². The highest BCUT2D eigenvalue weighted by Crippen LogP contribution is 2.26. The van der Waals surface area contributed by atoms with E-state index in [0.29, 0.717) is 33.3 Å². The van der Waals surface area contributed by atoms with Gasteiger partial charge in [0.05, 0.1) is 34.4 Å². The van der Waals surface area contributed by atoms with E-state index in [1.807, 2.05) is 0 Å². The van der Waals surface area contributed by atoms with E-state index in [2.05, 4.69) is 19.9 Å². The molecule has 7 nitrogen and oxygen atoms in total. The Hall–Kier alpha value is -3.65. The Morgan fingerprint density at radius 3 is 2.62 bits per heavy atom. The van der Waals surface area contributed by atoms with Crippen LogP contribution in [0.25, 0.3) is 10.9 Å². The van der Waals surface area contributed by atoms with Crippen LogP contribution in [-0.4, -0.2) is 30.7 Å². The molecule has 4 rings (SSSR count). The zero-order chi connectivity index (χ0) is 22.8. The largest absolute Gasteiger partial charge is 0.383 e. The van der Waals surface area contributed by atoms with Crippen molar-refractivity contribution in [2.45, 2.75) is 26.4 Å². The maximum absolute atomic E-state index is 15.0. The van der Waals surface area contributed by atoms with Crippen LogP contribution in [0.2, 0.25) is 5.02 Å². The molecule has 32 heavy (non-hydrogen) atoms. The Kier molecular flexibility index (Phi) is 5.96. The summed E-state index contributed by atoms with van der Waals surface area (Å²) in [6, 6.07) is 9.05. The maximum Gasteiger partial charge on any atom is 0.257 e. The zero-order valence-electron chi connectivity index (χ0n) is 17.5. The van der Waals surface area contributed by atoms with Gasteiger partial charge in [-0.1, -0.05) is 11.6 Å². The van der Waals surface area contributed by atoms with Gasteiger partial charge in [-0.05, 0) is 49.7 Å². The number of benzene rings is 1. The third kappa shape index (κ3) is 4.36. The number of rotatable bonds is 5. The van der Waals surface area contributed by atoms with Crippen LogP contribution in [0.4, 0.5) is 10.2 Å². The minimum Gasteiger partial charge on any atom is -0.383 e. The average Bonchev–Trinajstić information content (AvgIpc) is 2.79. The number of pyridine rings is 2. The Bertz CT molecular complexity index is 1280. The summed E-state index contributed by atoms with van der Waals surface area (Å²) in [5.41, 5.74) is 7.48. The van der Waals surface area contributed by atoms with Crippen LogP contribution >= 0.6 is 11.6 Å². The lowest BCUT2D eigenvalue weighted by Gasteiger charge is -2.28. The van der Waals surface area contributed by atoms with Crippen molar-refractivity contribution in [2.75, 3.05) is 5.73 Å². The quantitative estimate of drug-likeness (QED) is 0.480. The third-order valence-corrected chi connectivity index (χ3v) is 5.40. The van der Waals surface area contributed by atoms with Gasteiger partial charge in [0.25, 0.3) is 5.91 Å². The van der Waals surface area contributed by atoms with Gasteiger partial charge in [-0.15, -0.1) is 0 Å². The van der Waals surface area contributed by atoms with Crippen LogP contribution in [-0.2, 0) is 6.54 Å². The van der Waals surface area contributed by atoms with E-state index >= 15 is 4.39 Å². The van der Waals surface area contributed by atoms with Gasteiger partial charge in [0.15, 0.2) is 0 Å². The number of anilines is 1. The number of aryl methyl sites for hydroxylation is 1.